The Balaban J connectivity index is 2.18. The van der Waals surface area contributed by atoms with E-state index in [1.54, 1.807) is 0 Å². The van der Waals surface area contributed by atoms with Crippen LogP contribution in [0, 0.1) is 0 Å². The average Bonchev–Trinajstić information content (AvgIpc) is 2.38. The minimum atomic E-state index is -0.549. The quantitative estimate of drug-likeness (QED) is 0.897. The van der Waals surface area contributed by atoms with Crippen molar-refractivity contribution >= 4 is 15.9 Å². The monoisotopic (exact) mass is 297 g/mol. The average molecular weight is 298 g/mol. The lowest BCUT2D eigenvalue weighted by atomic mass is 9.84. The number of rotatable bonds is 3. The molecule has 0 bridgehead atoms. The number of aliphatic hydroxyl groups is 1. The van der Waals surface area contributed by atoms with Gasteiger partial charge in [0.05, 0.1) is 6.10 Å². The van der Waals surface area contributed by atoms with E-state index in [1.807, 2.05) is 12.1 Å². The molecule has 1 aromatic rings. The van der Waals surface area contributed by atoms with Crippen LogP contribution < -0.4 is 5.73 Å². The number of aliphatic hydroxyl groups excluding tert-OH is 1. The van der Waals surface area contributed by atoms with Crippen molar-refractivity contribution in [1.82, 2.24) is 0 Å². The summed E-state index contributed by atoms with van der Waals surface area (Å²) >= 11 is 3.63. The Morgan fingerprint density at radius 3 is 2.59 bits per heavy atom. The first-order valence-electron chi connectivity index (χ1n) is 6.40. The minimum Gasteiger partial charge on any atom is -0.387 e. The Bertz CT molecular complexity index is 374. The largest absolute Gasteiger partial charge is 0.387 e. The van der Waals surface area contributed by atoms with Crippen LogP contribution >= 0.6 is 15.9 Å². The molecule has 0 amide bonds. The van der Waals surface area contributed by atoms with Gasteiger partial charge in [0.2, 0.25) is 0 Å². The van der Waals surface area contributed by atoms with Gasteiger partial charge in [-0.1, -0.05) is 47.3 Å². The highest BCUT2D eigenvalue weighted by Crippen LogP contribution is 2.37. The molecule has 1 fully saturated rings. The maximum absolute atomic E-state index is 9.71. The summed E-state index contributed by atoms with van der Waals surface area (Å²) < 4.78 is 1.12. The van der Waals surface area contributed by atoms with E-state index >= 15 is 0 Å². The number of nitrogens with two attached hydrogens (primary N) is 1. The summed E-state index contributed by atoms with van der Waals surface area (Å²) in [6, 6.07) is 6.17. The molecule has 0 saturated heterocycles. The second kappa shape index (κ2) is 5.98. The molecule has 1 atom stereocenters. The standard InChI is InChI=1S/C14H20BrNO/c15-13-8-11(14(17)9-16)6-7-12(13)10-4-2-1-3-5-10/h6-8,10,14,17H,1-5,9,16H2. The van der Waals surface area contributed by atoms with Gasteiger partial charge in [-0.05, 0) is 36.0 Å². The first-order chi connectivity index (χ1) is 8.22. The summed E-state index contributed by atoms with van der Waals surface area (Å²) in [5.74, 6) is 0.683. The molecule has 3 heteroatoms. The topological polar surface area (TPSA) is 46.2 Å². The SMILES string of the molecule is NCC(O)c1ccc(C2CCCCC2)c(Br)c1. The van der Waals surface area contributed by atoms with Crippen molar-refractivity contribution in [3.63, 3.8) is 0 Å². The third-order valence-electron chi connectivity index (χ3n) is 3.68. The van der Waals surface area contributed by atoms with Crippen LogP contribution in [0.25, 0.3) is 0 Å². The lowest BCUT2D eigenvalue weighted by molar-refractivity contribution is 0.186. The molecule has 94 valence electrons. The van der Waals surface area contributed by atoms with Crippen LogP contribution in [-0.4, -0.2) is 11.7 Å². The van der Waals surface area contributed by atoms with Crippen molar-refractivity contribution in [1.29, 1.82) is 0 Å². The number of hydrogen-bond donors (Lipinski definition) is 2. The maximum Gasteiger partial charge on any atom is 0.0912 e. The first-order valence-corrected chi connectivity index (χ1v) is 7.19. The van der Waals surface area contributed by atoms with E-state index in [9.17, 15) is 5.11 Å². The molecule has 2 nitrogen and oxygen atoms in total. The molecular formula is C14H20BrNO. The molecule has 17 heavy (non-hydrogen) atoms. The normalized spacial score (nSPS) is 19.2. The second-order valence-electron chi connectivity index (χ2n) is 4.87. The molecule has 2 rings (SSSR count). The van der Waals surface area contributed by atoms with Gasteiger partial charge in [0, 0.05) is 11.0 Å². The van der Waals surface area contributed by atoms with Crippen LogP contribution in [0.5, 0.6) is 0 Å². The van der Waals surface area contributed by atoms with Gasteiger partial charge in [-0.3, -0.25) is 0 Å². The predicted octanol–water partition coefficient (Wildman–Crippen LogP) is 3.49. The summed E-state index contributed by atoms with van der Waals surface area (Å²) in [7, 11) is 0. The molecule has 1 saturated carbocycles. The Labute approximate surface area is 111 Å². The van der Waals surface area contributed by atoms with Gasteiger partial charge in [0.25, 0.3) is 0 Å². The molecule has 0 heterocycles. The highest BCUT2D eigenvalue weighted by Gasteiger charge is 2.18. The van der Waals surface area contributed by atoms with Crippen molar-refractivity contribution in [2.24, 2.45) is 5.73 Å². The van der Waals surface area contributed by atoms with Crippen LogP contribution in [0.3, 0.4) is 0 Å². The van der Waals surface area contributed by atoms with E-state index in [1.165, 1.54) is 37.7 Å². The Morgan fingerprint density at radius 1 is 1.29 bits per heavy atom. The van der Waals surface area contributed by atoms with Crippen LogP contribution in [0.1, 0.15) is 55.3 Å². The van der Waals surface area contributed by atoms with Gasteiger partial charge < -0.3 is 10.8 Å². The van der Waals surface area contributed by atoms with Crippen molar-refractivity contribution in [2.75, 3.05) is 6.54 Å². The molecule has 0 spiro atoms. The Kier molecular flexibility index (Phi) is 4.60. The van der Waals surface area contributed by atoms with E-state index < -0.39 is 6.10 Å². The predicted molar refractivity (Wildman–Crippen MR) is 74.0 cm³/mol. The molecule has 1 aliphatic rings. The Hall–Kier alpha value is -0.380. The van der Waals surface area contributed by atoms with Crippen LogP contribution in [0.15, 0.2) is 22.7 Å². The molecule has 0 radical (unpaired) electrons. The van der Waals surface area contributed by atoms with Crippen molar-refractivity contribution < 1.29 is 5.11 Å². The number of halogens is 1. The first kappa shape index (κ1) is 13.1. The van der Waals surface area contributed by atoms with Crippen LogP contribution in [-0.2, 0) is 0 Å². The van der Waals surface area contributed by atoms with Crippen molar-refractivity contribution in [3.05, 3.63) is 33.8 Å². The summed E-state index contributed by atoms with van der Waals surface area (Å²) in [6.45, 7) is 0.273. The smallest absolute Gasteiger partial charge is 0.0912 e. The van der Waals surface area contributed by atoms with Gasteiger partial charge in [-0.25, -0.2) is 0 Å². The van der Waals surface area contributed by atoms with Crippen LogP contribution in [0.2, 0.25) is 0 Å². The highest BCUT2D eigenvalue weighted by molar-refractivity contribution is 9.10. The molecule has 0 aliphatic heterocycles. The van der Waals surface area contributed by atoms with E-state index in [2.05, 4.69) is 22.0 Å². The number of hydrogen-bond acceptors (Lipinski definition) is 2. The van der Waals surface area contributed by atoms with Crippen LogP contribution in [0.4, 0.5) is 0 Å². The summed E-state index contributed by atoms with van der Waals surface area (Å²) in [5, 5.41) is 9.71. The summed E-state index contributed by atoms with van der Waals surface area (Å²) in [5.41, 5.74) is 7.76. The van der Waals surface area contributed by atoms with E-state index in [0.29, 0.717) is 5.92 Å². The van der Waals surface area contributed by atoms with Gasteiger partial charge >= 0.3 is 0 Å². The van der Waals surface area contributed by atoms with Gasteiger partial charge in [-0.15, -0.1) is 0 Å². The fourth-order valence-electron chi connectivity index (χ4n) is 2.63. The summed E-state index contributed by atoms with van der Waals surface area (Å²) in [4.78, 5) is 0. The minimum absolute atomic E-state index is 0.273. The Morgan fingerprint density at radius 2 is 2.00 bits per heavy atom. The van der Waals surface area contributed by atoms with Crippen molar-refractivity contribution in [3.8, 4) is 0 Å². The van der Waals surface area contributed by atoms with Gasteiger partial charge in [-0.2, -0.15) is 0 Å². The molecule has 1 unspecified atom stereocenters. The van der Waals surface area contributed by atoms with Gasteiger partial charge in [0.1, 0.15) is 0 Å². The second-order valence-corrected chi connectivity index (χ2v) is 5.72. The zero-order valence-corrected chi connectivity index (χ0v) is 11.6. The zero-order valence-electron chi connectivity index (χ0n) is 10.0. The molecule has 0 aromatic heterocycles. The fraction of sp³-hybridized carbons (Fsp3) is 0.571. The lowest BCUT2D eigenvalue weighted by Gasteiger charge is -2.23. The maximum atomic E-state index is 9.71. The molecular weight excluding hydrogens is 278 g/mol. The zero-order chi connectivity index (χ0) is 12.3. The lowest BCUT2D eigenvalue weighted by Crippen LogP contribution is -2.12. The molecule has 3 N–H and O–H groups in total. The number of benzene rings is 1. The van der Waals surface area contributed by atoms with Crippen molar-refractivity contribution in [2.45, 2.75) is 44.1 Å². The van der Waals surface area contributed by atoms with E-state index in [4.69, 9.17) is 5.73 Å². The highest BCUT2D eigenvalue weighted by atomic mass is 79.9. The third-order valence-corrected chi connectivity index (χ3v) is 4.36. The van der Waals surface area contributed by atoms with E-state index in [-0.39, 0.29) is 6.54 Å². The summed E-state index contributed by atoms with van der Waals surface area (Å²) in [6.07, 6.45) is 6.08. The fourth-order valence-corrected chi connectivity index (χ4v) is 3.35. The molecule has 1 aliphatic carbocycles. The van der Waals surface area contributed by atoms with Gasteiger partial charge in [0.15, 0.2) is 0 Å². The third kappa shape index (κ3) is 3.09. The molecule has 1 aromatic carbocycles. The van der Waals surface area contributed by atoms with E-state index in [0.717, 1.165) is 10.0 Å².